The molecule has 2 unspecified atom stereocenters. The lowest BCUT2D eigenvalue weighted by Crippen LogP contribution is -2.47. The molecule has 2 atom stereocenters. The summed E-state index contributed by atoms with van der Waals surface area (Å²) in [6.45, 7) is 1.73. The summed E-state index contributed by atoms with van der Waals surface area (Å²) in [4.78, 5) is 26.6. The third-order valence-electron chi connectivity index (χ3n) is 5.17. The maximum absolute atomic E-state index is 13.1. The Balaban J connectivity index is 2.06. The number of nitrogens with zero attached hydrogens (tertiary/aromatic N) is 1. The molecular weight excluding hydrogens is 371 g/mol. The summed E-state index contributed by atoms with van der Waals surface area (Å²) in [5.74, 6) is -1.21. The van der Waals surface area contributed by atoms with Crippen LogP contribution in [-0.4, -0.2) is 35.8 Å². The van der Waals surface area contributed by atoms with Crippen LogP contribution in [0, 0.1) is 5.92 Å². The minimum absolute atomic E-state index is 0.198. The second-order valence-electron chi connectivity index (χ2n) is 7.21. The van der Waals surface area contributed by atoms with Gasteiger partial charge in [-0.15, -0.1) is 0 Å². The van der Waals surface area contributed by atoms with Crippen molar-refractivity contribution in [1.29, 1.82) is 0 Å². The third-order valence-corrected chi connectivity index (χ3v) is 5.17. The van der Waals surface area contributed by atoms with E-state index in [1.807, 2.05) is 0 Å². The van der Waals surface area contributed by atoms with Crippen molar-refractivity contribution < 1.29 is 22.8 Å². The summed E-state index contributed by atoms with van der Waals surface area (Å²) in [6.07, 6.45) is 0.910. The minimum atomic E-state index is -4.57. The van der Waals surface area contributed by atoms with Crippen molar-refractivity contribution in [3.05, 3.63) is 29.8 Å². The second kappa shape index (κ2) is 9.91. The molecular formula is C20H28F3N3O2. The van der Waals surface area contributed by atoms with Crippen LogP contribution in [0.1, 0.15) is 51.0 Å². The largest absolute Gasteiger partial charge is 0.418 e. The number of carbonyl (C=O) groups is 2. The van der Waals surface area contributed by atoms with E-state index in [4.69, 9.17) is 5.73 Å². The molecule has 0 aromatic heterocycles. The van der Waals surface area contributed by atoms with Crippen LogP contribution in [0.5, 0.6) is 0 Å². The number of carbonyl (C=O) groups excluding carboxylic acids is 2. The number of alkyl halides is 3. The third kappa shape index (κ3) is 5.95. The maximum Gasteiger partial charge on any atom is 0.418 e. The van der Waals surface area contributed by atoms with Crippen molar-refractivity contribution in [2.24, 2.45) is 11.7 Å². The van der Waals surface area contributed by atoms with Crippen LogP contribution in [0.25, 0.3) is 0 Å². The van der Waals surface area contributed by atoms with Crippen molar-refractivity contribution in [3.63, 3.8) is 0 Å². The van der Waals surface area contributed by atoms with Gasteiger partial charge in [-0.1, -0.05) is 37.8 Å². The monoisotopic (exact) mass is 399 g/mol. The first-order valence-electron chi connectivity index (χ1n) is 9.74. The SMILES string of the molecule is CCN(CC(=O)Nc1ccccc1C(F)(F)F)C(=O)C1CCCCCCC1N. The molecule has 28 heavy (non-hydrogen) atoms. The smallest absolute Gasteiger partial charge is 0.333 e. The Morgan fingerprint density at radius 2 is 1.79 bits per heavy atom. The van der Waals surface area contributed by atoms with E-state index < -0.39 is 17.6 Å². The fourth-order valence-corrected chi connectivity index (χ4v) is 3.60. The highest BCUT2D eigenvalue weighted by molar-refractivity contribution is 5.95. The molecule has 1 aromatic rings. The highest BCUT2D eigenvalue weighted by Gasteiger charge is 2.34. The first kappa shape index (κ1) is 22.2. The Bertz CT molecular complexity index is 679. The quantitative estimate of drug-likeness (QED) is 0.791. The first-order valence-corrected chi connectivity index (χ1v) is 9.74. The van der Waals surface area contributed by atoms with Gasteiger partial charge in [0.15, 0.2) is 0 Å². The van der Waals surface area contributed by atoms with Gasteiger partial charge in [-0.05, 0) is 31.9 Å². The topological polar surface area (TPSA) is 75.4 Å². The Hall–Kier alpha value is -2.09. The number of likely N-dealkylation sites (N-methyl/N-ethyl adjacent to an activating group) is 1. The number of benzene rings is 1. The molecule has 1 fully saturated rings. The van der Waals surface area contributed by atoms with Gasteiger partial charge < -0.3 is 16.0 Å². The molecule has 156 valence electrons. The number of halogens is 3. The van der Waals surface area contributed by atoms with Crippen LogP contribution in [0.4, 0.5) is 18.9 Å². The van der Waals surface area contributed by atoms with E-state index in [9.17, 15) is 22.8 Å². The van der Waals surface area contributed by atoms with Crippen LogP contribution in [0.15, 0.2) is 24.3 Å². The van der Waals surface area contributed by atoms with Crippen LogP contribution < -0.4 is 11.1 Å². The second-order valence-corrected chi connectivity index (χ2v) is 7.21. The molecule has 1 aromatic carbocycles. The highest BCUT2D eigenvalue weighted by Crippen LogP contribution is 2.34. The van der Waals surface area contributed by atoms with Crippen LogP contribution in [0.3, 0.4) is 0 Å². The summed E-state index contributed by atoms with van der Waals surface area (Å²) in [5.41, 5.74) is 4.96. The van der Waals surface area contributed by atoms with E-state index in [0.717, 1.165) is 38.2 Å². The maximum atomic E-state index is 13.1. The molecule has 3 N–H and O–H groups in total. The number of amides is 2. The molecule has 2 amide bonds. The fourth-order valence-electron chi connectivity index (χ4n) is 3.60. The molecule has 0 bridgehead atoms. The number of hydrogen-bond donors (Lipinski definition) is 2. The molecule has 5 nitrogen and oxygen atoms in total. The Kier molecular flexibility index (Phi) is 7.86. The summed E-state index contributed by atoms with van der Waals surface area (Å²) in [5, 5.41) is 2.29. The standard InChI is InChI=1S/C20H28F3N3O2/c1-2-26(19(28)14-9-5-3-4-6-11-16(14)24)13-18(27)25-17-12-8-7-10-15(17)20(21,22)23/h7-8,10,12,14,16H,2-6,9,11,13,24H2,1H3,(H,25,27). The molecule has 1 aliphatic rings. The molecule has 0 saturated heterocycles. The zero-order valence-corrected chi connectivity index (χ0v) is 16.1. The summed E-state index contributed by atoms with van der Waals surface area (Å²) in [7, 11) is 0. The van der Waals surface area contributed by atoms with Crippen molar-refractivity contribution >= 4 is 17.5 Å². The van der Waals surface area contributed by atoms with Crippen molar-refractivity contribution in [1.82, 2.24) is 4.90 Å². The van der Waals surface area contributed by atoms with Crippen LogP contribution in [-0.2, 0) is 15.8 Å². The number of para-hydroxylation sites is 1. The van der Waals surface area contributed by atoms with Crippen molar-refractivity contribution in [3.8, 4) is 0 Å². The van der Waals surface area contributed by atoms with Gasteiger partial charge in [-0.25, -0.2) is 0 Å². The van der Waals surface area contributed by atoms with Gasteiger partial charge in [-0.2, -0.15) is 13.2 Å². The molecule has 0 heterocycles. The number of nitrogens with one attached hydrogen (secondary N) is 1. The normalized spacial score (nSPS) is 20.8. The van der Waals surface area contributed by atoms with Crippen molar-refractivity contribution in [2.45, 2.75) is 57.7 Å². The molecule has 1 saturated carbocycles. The molecule has 0 spiro atoms. The highest BCUT2D eigenvalue weighted by atomic mass is 19.4. The molecule has 1 aliphatic carbocycles. The van der Waals surface area contributed by atoms with Gasteiger partial charge in [0.2, 0.25) is 11.8 Å². The lowest BCUT2D eigenvalue weighted by molar-refractivity contribution is -0.139. The van der Waals surface area contributed by atoms with Crippen molar-refractivity contribution in [2.75, 3.05) is 18.4 Å². The Morgan fingerprint density at radius 1 is 1.14 bits per heavy atom. The van der Waals surface area contributed by atoms with E-state index in [0.29, 0.717) is 6.42 Å². The number of rotatable bonds is 5. The first-order chi connectivity index (χ1) is 13.2. The van der Waals surface area contributed by atoms with E-state index in [1.54, 1.807) is 6.92 Å². The average molecular weight is 399 g/mol. The zero-order chi connectivity index (χ0) is 20.7. The van der Waals surface area contributed by atoms with Gasteiger partial charge in [0, 0.05) is 12.6 Å². The zero-order valence-electron chi connectivity index (χ0n) is 16.1. The van der Waals surface area contributed by atoms with E-state index in [2.05, 4.69) is 5.32 Å². The predicted octanol–water partition coefficient (Wildman–Crippen LogP) is 3.79. The lowest BCUT2D eigenvalue weighted by Gasteiger charge is -2.30. The van der Waals surface area contributed by atoms with Crippen LogP contribution >= 0.6 is 0 Å². The molecule has 0 radical (unpaired) electrons. The predicted molar refractivity (Wildman–Crippen MR) is 101 cm³/mol. The molecule has 8 heteroatoms. The lowest BCUT2D eigenvalue weighted by atomic mass is 9.86. The molecule has 2 rings (SSSR count). The van der Waals surface area contributed by atoms with E-state index >= 15 is 0 Å². The van der Waals surface area contributed by atoms with Gasteiger partial charge in [-0.3, -0.25) is 9.59 Å². The summed E-state index contributed by atoms with van der Waals surface area (Å²) < 4.78 is 39.3. The van der Waals surface area contributed by atoms with E-state index in [1.165, 1.54) is 23.1 Å². The van der Waals surface area contributed by atoms with Gasteiger partial charge in [0.05, 0.1) is 23.7 Å². The number of anilines is 1. The molecule has 0 aliphatic heterocycles. The fraction of sp³-hybridized carbons (Fsp3) is 0.600. The van der Waals surface area contributed by atoms with Crippen LogP contribution in [0.2, 0.25) is 0 Å². The number of nitrogens with two attached hydrogens (primary N) is 1. The van der Waals surface area contributed by atoms with E-state index in [-0.39, 0.29) is 36.6 Å². The van der Waals surface area contributed by atoms with Gasteiger partial charge in [0.25, 0.3) is 0 Å². The summed E-state index contributed by atoms with van der Waals surface area (Å²) in [6, 6.07) is 4.53. The minimum Gasteiger partial charge on any atom is -0.333 e. The number of hydrogen-bond acceptors (Lipinski definition) is 3. The van der Waals surface area contributed by atoms with Gasteiger partial charge >= 0.3 is 6.18 Å². The van der Waals surface area contributed by atoms with Gasteiger partial charge in [0.1, 0.15) is 0 Å². The Labute approximate surface area is 163 Å². The average Bonchev–Trinajstić information content (AvgIpc) is 2.62. The summed E-state index contributed by atoms with van der Waals surface area (Å²) >= 11 is 0. The Morgan fingerprint density at radius 3 is 2.43 bits per heavy atom.